The van der Waals surface area contributed by atoms with Crippen LogP contribution in [0.4, 0.5) is 0 Å². The summed E-state index contributed by atoms with van der Waals surface area (Å²) in [5.74, 6) is 4.94. The lowest BCUT2D eigenvalue weighted by Gasteiger charge is -2.13. The van der Waals surface area contributed by atoms with E-state index in [1.807, 2.05) is 12.1 Å². The van der Waals surface area contributed by atoms with Crippen molar-refractivity contribution in [3.05, 3.63) is 35.4 Å². The summed E-state index contributed by atoms with van der Waals surface area (Å²) < 4.78 is 4.59. The zero-order valence-corrected chi connectivity index (χ0v) is 9.97. The van der Waals surface area contributed by atoms with E-state index in [0.29, 0.717) is 18.5 Å². The number of carbonyl (C=O) groups excluding carboxylic acids is 2. The van der Waals surface area contributed by atoms with E-state index >= 15 is 0 Å². The normalized spacial score (nSPS) is 9.82. The van der Waals surface area contributed by atoms with Gasteiger partial charge in [-0.25, -0.2) is 10.6 Å². The second-order valence-electron chi connectivity index (χ2n) is 3.65. The molecule has 0 spiro atoms. The fraction of sp³-hybridized carbons (Fsp3) is 0.333. The van der Waals surface area contributed by atoms with E-state index in [-0.39, 0.29) is 11.9 Å². The standard InChI is InChI=1S/C12H16N2O3/c1-9(15)14(13)8-7-10-3-5-11(6-4-10)12(16)17-2/h3-6H,7-8,13H2,1-2H3. The second kappa shape index (κ2) is 6.00. The summed E-state index contributed by atoms with van der Waals surface area (Å²) in [7, 11) is 1.34. The van der Waals surface area contributed by atoms with Crippen LogP contribution < -0.4 is 5.84 Å². The van der Waals surface area contributed by atoms with E-state index in [4.69, 9.17) is 5.84 Å². The van der Waals surface area contributed by atoms with Gasteiger partial charge in [0.15, 0.2) is 0 Å². The molecule has 0 atom stereocenters. The van der Waals surface area contributed by atoms with Crippen molar-refractivity contribution in [3.63, 3.8) is 0 Å². The van der Waals surface area contributed by atoms with Gasteiger partial charge in [-0.15, -0.1) is 0 Å². The molecule has 0 aliphatic carbocycles. The minimum absolute atomic E-state index is 0.170. The fourth-order valence-corrected chi connectivity index (χ4v) is 1.33. The largest absolute Gasteiger partial charge is 0.465 e. The SMILES string of the molecule is COC(=O)c1ccc(CCN(N)C(C)=O)cc1. The average molecular weight is 236 g/mol. The van der Waals surface area contributed by atoms with Crippen LogP contribution in [0.15, 0.2) is 24.3 Å². The molecule has 92 valence electrons. The number of methoxy groups -OCH3 is 1. The molecule has 0 bridgehead atoms. The van der Waals surface area contributed by atoms with Crippen molar-refractivity contribution in [1.82, 2.24) is 5.01 Å². The van der Waals surface area contributed by atoms with Crippen molar-refractivity contribution < 1.29 is 14.3 Å². The number of carbonyl (C=O) groups is 2. The topological polar surface area (TPSA) is 72.6 Å². The molecule has 1 rings (SSSR count). The number of rotatable bonds is 4. The van der Waals surface area contributed by atoms with Gasteiger partial charge >= 0.3 is 5.97 Å². The number of nitrogens with two attached hydrogens (primary N) is 1. The van der Waals surface area contributed by atoms with Gasteiger partial charge in [0.25, 0.3) is 0 Å². The van der Waals surface area contributed by atoms with E-state index < -0.39 is 0 Å². The maximum atomic E-state index is 11.2. The molecule has 5 heteroatoms. The van der Waals surface area contributed by atoms with Crippen LogP contribution in [0.2, 0.25) is 0 Å². The van der Waals surface area contributed by atoms with Gasteiger partial charge in [0.2, 0.25) is 5.91 Å². The van der Waals surface area contributed by atoms with E-state index in [1.54, 1.807) is 12.1 Å². The zero-order valence-electron chi connectivity index (χ0n) is 9.97. The zero-order chi connectivity index (χ0) is 12.8. The summed E-state index contributed by atoms with van der Waals surface area (Å²) in [5, 5.41) is 1.16. The molecule has 0 aromatic heterocycles. The van der Waals surface area contributed by atoms with Gasteiger partial charge in [-0.3, -0.25) is 9.80 Å². The fourth-order valence-electron chi connectivity index (χ4n) is 1.33. The summed E-state index contributed by atoms with van der Waals surface area (Å²) in [4.78, 5) is 22.1. The molecule has 0 saturated heterocycles. The number of hydrogen-bond acceptors (Lipinski definition) is 4. The van der Waals surface area contributed by atoms with Gasteiger partial charge < -0.3 is 4.74 Å². The van der Waals surface area contributed by atoms with Gasteiger partial charge in [-0.05, 0) is 24.1 Å². The molecular weight excluding hydrogens is 220 g/mol. The highest BCUT2D eigenvalue weighted by Crippen LogP contribution is 2.06. The lowest BCUT2D eigenvalue weighted by molar-refractivity contribution is -0.129. The predicted octanol–water partition coefficient (Wildman–Crippen LogP) is 0.738. The molecule has 0 aliphatic heterocycles. The highest BCUT2D eigenvalue weighted by molar-refractivity contribution is 5.89. The van der Waals surface area contributed by atoms with Gasteiger partial charge in [0.1, 0.15) is 0 Å². The third kappa shape index (κ3) is 3.88. The molecule has 0 fully saturated rings. The first-order valence-corrected chi connectivity index (χ1v) is 5.24. The van der Waals surface area contributed by atoms with Crippen molar-refractivity contribution in [2.75, 3.05) is 13.7 Å². The molecule has 17 heavy (non-hydrogen) atoms. The molecule has 0 unspecified atom stereocenters. The Kier molecular flexibility index (Phi) is 4.66. The first-order chi connectivity index (χ1) is 8.04. The van der Waals surface area contributed by atoms with Gasteiger partial charge in [0.05, 0.1) is 12.7 Å². The maximum Gasteiger partial charge on any atom is 0.337 e. The van der Waals surface area contributed by atoms with Crippen LogP contribution in [0.25, 0.3) is 0 Å². The Labute approximate surface area is 100 Å². The molecule has 0 saturated carbocycles. The molecular formula is C12H16N2O3. The molecule has 1 aromatic carbocycles. The Morgan fingerprint density at radius 1 is 1.29 bits per heavy atom. The Hall–Kier alpha value is -1.88. The summed E-state index contributed by atoms with van der Waals surface area (Å²) >= 11 is 0. The highest BCUT2D eigenvalue weighted by atomic mass is 16.5. The summed E-state index contributed by atoms with van der Waals surface area (Å²) in [6, 6.07) is 7.02. The molecule has 0 heterocycles. The van der Waals surface area contributed by atoms with Crippen LogP contribution in [0.3, 0.4) is 0 Å². The molecule has 1 amide bonds. The van der Waals surface area contributed by atoms with Crippen LogP contribution in [0, 0.1) is 0 Å². The summed E-state index contributed by atoms with van der Waals surface area (Å²) in [6.07, 6.45) is 0.650. The Morgan fingerprint density at radius 2 is 1.88 bits per heavy atom. The minimum Gasteiger partial charge on any atom is -0.465 e. The van der Waals surface area contributed by atoms with Crippen LogP contribution in [-0.4, -0.2) is 30.5 Å². The van der Waals surface area contributed by atoms with Gasteiger partial charge in [0, 0.05) is 13.5 Å². The van der Waals surface area contributed by atoms with E-state index in [0.717, 1.165) is 10.6 Å². The van der Waals surface area contributed by atoms with Crippen molar-refractivity contribution in [3.8, 4) is 0 Å². The number of esters is 1. The van der Waals surface area contributed by atoms with Crippen LogP contribution in [-0.2, 0) is 16.0 Å². The number of nitrogens with zero attached hydrogens (tertiary/aromatic N) is 1. The van der Waals surface area contributed by atoms with Crippen LogP contribution in [0.5, 0.6) is 0 Å². The Bertz CT molecular complexity index is 401. The van der Waals surface area contributed by atoms with Crippen LogP contribution >= 0.6 is 0 Å². The Morgan fingerprint density at radius 3 is 2.35 bits per heavy atom. The first kappa shape index (κ1) is 13.2. The number of amides is 1. The highest BCUT2D eigenvalue weighted by Gasteiger charge is 2.06. The minimum atomic E-state index is -0.360. The lowest BCUT2D eigenvalue weighted by atomic mass is 10.1. The monoisotopic (exact) mass is 236 g/mol. The lowest BCUT2D eigenvalue weighted by Crippen LogP contribution is -2.37. The number of hydrazine groups is 1. The molecule has 2 N–H and O–H groups in total. The first-order valence-electron chi connectivity index (χ1n) is 5.24. The van der Waals surface area contributed by atoms with Crippen molar-refractivity contribution in [1.29, 1.82) is 0 Å². The van der Waals surface area contributed by atoms with E-state index in [2.05, 4.69) is 4.74 Å². The maximum absolute atomic E-state index is 11.2. The van der Waals surface area contributed by atoms with E-state index in [1.165, 1.54) is 14.0 Å². The summed E-state index contributed by atoms with van der Waals surface area (Å²) in [6.45, 7) is 1.87. The van der Waals surface area contributed by atoms with E-state index in [9.17, 15) is 9.59 Å². The molecule has 0 radical (unpaired) electrons. The average Bonchev–Trinajstić information content (AvgIpc) is 2.35. The Balaban J connectivity index is 2.57. The van der Waals surface area contributed by atoms with Crippen molar-refractivity contribution in [2.45, 2.75) is 13.3 Å². The number of ether oxygens (including phenoxy) is 1. The molecule has 0 aliphatic rings. The van der Waals surface area contributed by atoms with Crippen molar-refractivity contribution >= 4 is 11.9 Å². The molecule has 1 aromatic rings. The second-order valence-corrected chi connectivity index (χ2v) is 3.65. The predicted molar refractivity (Wildman–Crippen MR) is 63.1 cm³/mol. The quantitative estimate of drug-likeness (QED) is 0.362. The number of hydrogen-bond donors (Lipinski definition) is 1. The van der Waals surface area contributed by atoms with Gasteiger partial charge in [-0.1, -0.05) is 12.1 Å². The van der Waals surface area contributed by atoms with Crippen molar-refractivity contribution in [2.24, 2.45) is 5.84 Å². The van der Waals surface area contributed by atoms with Gasteiger partial charge in [-0.2, -0.15) is 0 Å². The molecule has 5 nitrogen and oxygen atoms in total. The van der Waals surface area contributed by atoms with Crippen LogP contribution in [0.1, 0.15) is 22.8 Å². The smallest absolute Gasteiger partial charge is 0.337 e. The number of benzene rings is 1. The summed E-state index contributed by atoms with van der Waals surface area (Å²) in [5.41, 5.74) is 1.52. The third-order valence-corrected chi connectivity index (χ3v) is 2.42. The third-order valence-electron chi connectivity index (χ3n) is 2.42.